The van der Waals surface area contributed by atoms with E-state index >= 15 is 0 Å². The monoisotopic (exact) mass is 312 g/mol. The number of nitrogens with one attached hydrogen (secondary N) is 1. The van der Waals surface area contributed by atoms with Crippen LogP contribution in [0.25, 0.3) is 5.65 Å². The van der Waals surface area contributed by atoms with E-state index in [4.69, 9.17) is 0 Å². The first kappa shape index (κ1) is 14.6. The third kappa shape index (κ3) is 2.82. The van der Waals surface area contributed by atoms with Gasteiger partial charge in [-0.15, -0.1) is 11.8 Å². The van der Waals surface area contributed by atoms with Crippen molar-refractivity contribution in [2.75, 3.05) is 11.1 Å². The number of thioether (sulfide) groups is 1. The van der Waals surface area contributed by atoms with Crippen LogP contribution < -0.4 is 5.32 Å². The Bertz CT molecular complexity index is 828. The Kier molecular flexibility index (Phi) is 4.11. The average Bonchev–Trinajstić information content (AvgIpc) is 2.92. The van der Waals surface area contributed by atoms with Crippen molar-refractivity contribution in [2.24, 2.45) is 0 Å². The highest BCUT2D eigenvalue weighted by Gasteiger charge is 2.15. The lowest BCUT2D eigenvalue weighted by atomic mass is 10.2. The maximum Gasteiger partial charge on any atom is 0.261 e. The van der Waals surface area contributed by atoms with E-state index in [0.29, 0.717) is 11.2 Å². The van der Waals surface area contributed by atoms with Crippen LogP contribution in [0.1, 0.15) is 22.8 Å². The summed E-state index contributed by atoms with van der Waals surface area (Å²) in [4.78, 5) is 17.9. The molecule has 0 aliphatic rings. The molecule has 6 heteroatoms. The standard InChI is InChI=1S/C16H16N4OS/c1-3-22-14-7-5-4-6-13(14)19-16(21)12-9-18-20-10-11(2)8-17-15(12)20/h4-10H,3H2,1-2H3,(H,19,21). The van der Waals surface area contributed by atoms with Gasteiger partial charge in [0.2, 0.25) is 0 Å². The quantitative estimate of drug-likeness (QED) is 0.750. The molecular formula is C16H16N4OS. The van der Waals surface area contributed by atoms with Gasteiger partial charge in [0.1, 0.15) is 5.56 Å². The number of carbonyl (C=O) groups excluding carboxylic acids is 1. The Balaban J connectivity index is 1.91. The summed E-state index contributed by atoms with van der Waals surface area (Å²) in [6, 6.07) is 7.78. The molecule has 0 unspecified atom stereocenters. The van der Waals surface area contributed by atoms with Crippen LogP contribution in [-0.4, -0.2) is 26.3 Å². The van der Waals surface area contributed by atoms with E-state index in [1.54, 1.807) is 28.7 Å². The molecule has 0 fully saturated rings. The highest BCUT2D eigenvalue weighted by Crippen LogP contribution is 2.27. The molecule has 22 heavy (non-hydrogen) atoms. The van der Waals surface area contributed by atoms with E-state index in [2.05, 4.69) is 22.3 Å². The van der Waals surface area contributed by atoms with Gasteiger partial charge in [-0.3, -0.25) is 4.79 Å². The fourth-order valence-corrected chi connectivity index (χ4v) is 2.93. The second-order valence-corrected chi connectivity index (χ2v) is 6.15. The van der Waals surface area contributed by atoms with Crippen LogP contribution in [0.2, 0.25) is 0 Å². The number of amides is 1. The maximum atomic E-state index is 12.5. The van der Waals surface area contributed by atoms with E-state index in [1.807, 2.05) is 37.4 Å². The van der Waals surface area contributed by atoms with Crippen molar-refractivity contribution in [3.8, 4) is 0 Å². The fraction of sp³-hybridized carbons (Fsp3) is 0.188. The Labute approximate surface area is 132 Å². The lowest BCUT2D eigenvalue weighted by Gasteiger charge is -2.09. The van der Waals surface area contributed by atoms with Crippen LogP contribution in [0.5, 0.6) is 0 Å². The van der Waals surface area contributed by atoms with Gasteiger partial charge in [-0.1, -0.05) is 19.1 Å². The lowest BCUT2D eigenvalue weighted by molar-refractivity contribution is 0.102. The minimum absolute atomic E-state index is 0.199. The van der Waals surface area contributed by atoms with E-state index < -0.39 is 0 Å². The van der Waals surface area contributed by atoms with Crippen LogP contribution in [0.4, 0.5) is 5.69 Å². The molecule has 0 bridgehead atoms. The van der Waals surface area contributed by atoms with Crippen LogP contribution in [0.3, 0.4) is 0 Å². The topological polar surface area (TPSA) is 59.3 Å². The smallest absolute Gasteiger partial charge is 0.261 e. The van der Waals surface area contributed by atoms with Crippen molar-refractivity contribution in [1.82, 2.24) is 14.6 Å². The summed E-state index contributed by atoms with van der Waals surface area (Å²) in [6.07, 6.45) is 5.13. The Hall–Kier alpha value is -2.34. The molecule has 0 radical (unpaired) electrons. The SMILES string of the molecule is CCSc1ccccc1NC(=O)c1cnn2cc(C)cnc12. The molecule has 0 saturated heterocycles. The zero-order chi connectivity index (χ0) is 15.5. The summed E-state index contributed by atoms with van der Waals surface area (Å²) in [6.45, 7) is 4.02. The average molecular weight is 312 g/mol. The molecule has 5 nitrogen and oxygen atoms in total. The zero-order valence-corrected chi connectivity index (χ0v) is 13.2. The molecule has 3 rings (SSSR count). The maximum absolute atomic E-state index is 12.5. The first-order chi connectivity index (χ1) is 10.7. The molecule has 2 aromatic heterocycles. The molecule has 2 heterocycles. The number of carbonyl (C=O) groups is 1. The van der Waals surface area contributed by atoms with Gasteiger partial charge in [0.25, 0.3) is 5.91 Å². The van der Waals surface area contributed by atoms with Crippen LogP contribution in [-0.2, 0) is 0 Å². The van der Waals surface area contributed by atoms with Gasteiger partial charge in [-0.2, -0.15) is 5.10 Å². The third-order valence-electron chi connectivity index (χ3n) is 3.17. The largest absolute Gasteiger partial charge is 0.321 e. The number of benzene rings is 1. The number of aryl methyl sites for hydroxylation is 1. The Morgan fingerprint density at radius 2 is 2.14 bits per heavy atom. The first-order valence-electron chi connectivity index (χ1n) is 7.02. The van der Waals surface area contributed by atoms with Crippen molar-refractivity contribution in [1.29, 1.82) is 0 Å². The van der Waals surface area contributed by atoms with Gasteiger partial charge in [-0.05, 0) is 30.4 Å². The van der Waals surface area contributed by atoms with Gasteiger partial charge in [0.15, 0.2) is 5.65 Å². The molecule has 0 saturated carbocycles. The predicted octanol–water partition coefficient (Wildman–Crippen LogP) is 3.40. The predicted molar refractivity (Wildman–Crippen MR) is 88.5 cm³/mol. The summed E-state index contributed by atoms with van der Waals surface area (Å²) in [5, 5.41) is 7.14. The number of aromatic nitrogens is 3. The van der Waals surface area contributed by atoms with Crippen LogP contribution in [0.15, 0.2) is 47.8 Å². The molecule has 1 amide bonds. The lowest BCUT2D eigenvalue weighted by Crippen LogP contribution is -2.12. The minimum atomic E-state index is -0.199. The second kappa shape index (κ2) is 6.19. The fourth-order valence-electron chi connectivity index (χ4n) is 2.17. The Morgan fingerprint density at radius 3 is 2.95 bits per heavy atom. The summed E-state index contributed by atoms with van der Waals surface area (Å²) in [7, 11) is 0. The Morgan fingerprint density at radius 1 is 1.32 bits per heavy atom. The van der Waals surface area contributed by atoms with E-state index in [-0.39, 0.29) is 5.91 Å². The van der Waals surface area contributed by atoms with E-state index in [9.17, 15) is 4.79 Å². The van der Waals surface area contributed by atoms with Crippen molar-refractivity contribution in [3.05, 3.63) is 54.0 Å². The molecule has 112 valence electrons. The third-order valence-corrected chi connectivity index (χ3v) is 4.12. The summed E-state index contributed by atoms with van der Waals surface area (Å²) in [5.41, 5.74) is 2.83. The van der Waals surface area contributed by atoms with Crippen molar-refractivity contribution in [2.45, 2.75) is 18.7 Å². The summed E-state index contributed by atoms with van der Waals surface area (Å²) < 4.78 is 1.62. The van der Waals surface area contributed by atoms with Gasteiger partial charge in [0, 0.05) is 17.3 Å². The van der Waals surface area contributed by atoms with Gasteiger partial charge in [0.05, 0.1) is 11.9 Å². The minimum Gasteiger partial charge on any atom is -0.321 e. The molecule has 0 spiro atoms. The number of hydrogen-bond donors (Lipinski definition) is 1. The number of para-hydroxylation sites is 1. The number of hydrogen-bond acceptors (Lipinski definition) is 4. The summed E-state index contributed by atoms with van der Waals surface area (Å²) >= 11 is 1.70. The van der Waals surface area contributed by atoms with E-state index in [0.717, 1.165) is 21.9 Å². The molecule has 3 aromatic rings. The first-order valence-corrected chi connectivity index (χ1v) is 8.00. The van der Waals surface area contributed by atoms with Crippen LogP contribution >= 0.6 is 11.8 Å². The van der Waals surface area contributed by atoms with Crippen LogP contribution in [0, 0.1) is 6.92 Å². The molecule has 0 aliphatic carbocycles. The number of anilines is 1. The number of nitrogens with zero attached hydrogens (tertiary/aromatic N) is 3. The van der Waals surface area contributed by atoms with Gasteiger partial charge >= 0.3 is 0 Å². The summed E-state index contributed by atoms with van der Waals surface area (Å²) in [5.74, 6) is 0.750. The second-order valence-electron chi connectivity index (χ2n) is 4.84. The molecular weight excluding hydrogens is 296 g/mol. The van der Waals surface area contributed by atoms with E-state index in [1.165, 1.54) is 0 Å². The normalized spacial score (nSPS) is 10.8. The highest BCUT2D eigenvalue weighted by atomic mass is 32.2. The molecule has 1 aromatic carbocycles. The number of fused-ring (bicyclic) bond motifs is 1. The zero-order valence-electron chi connectivity index (χ0n) is 12.4. The van der Waals surface area contributed by atoms with Crippen molar-refractivity contribution in [3.63, 3.8) is 0 Å². The number of rotatable bonds is 4. The highest BCUT2D eigenvalue weighted by molar-refractivity contribution is 7.99. The van der Waals surface area contributed by atoms with Gasteiger partial charge < -0.3 is 5.32 Å². The molecule has 1 N–H and O–H groups in total. The van der Waals surface area contributed by atoms with Crippen molar-refractivity contribution < 1.29 is 4.79 Å². The molecule has 0 aliphatic heterocycles. The molecule has 0 atom stereocenters. The van der Waals surface area contributed by atoms with Crippen molar-refractivity contribution >= 4 is 29.0 Å². The van der Waals surface area contributed by atoms with Gasteiger partial charge in [-0.25, -0.2) is 9.50 Å².